The van der Waals surface area contributed by atoms with Crippen molar-refractivity contribution in [2.24, 2.45) is 0 Å². The van der Waals surface area contributed by atoms with Crippen LogP contribution in [0.15, 0.2) is 24.5 Å². The van der Waals surface area contributed by atoms with E-state index in [1.807, 2.05) is 0 Å². The zero-order valence-electron chi connectivity index (χ0n) is 5.96. The minimum atomic E-state index is -0.944. The van der Waals surface area contributed by atoms with Gasteiger partial charge in [-0.1, -0.05) is 0 Å². The average Bonchev–Trinajstić information content (AvgIpc) is 2.12. The highest BCUT2D eigenvalue weighted by Gasteiger charge is 2.07. The van der Waals surface area contributed by atoms with Crippen molar-refractivity contribution in [1.29, 1.82) is 0 Å². The second-order valence-corrected chi connectivity index (χ2v) is 2.29. The fourth-order valence-corrected chi connectivity index (χ4v) is 0.978. The maximum absolute atomic E-state index is 12.9. The molecule has 0 bridgehead atoms. The highest BCUT2D eigenvalue weighted by atomic mass is 19.2. The molecule has 1 aromatic carbocycles. The molecule has 1 heterocycles. The van der Waals surface area contributed by atoms with Crippen molar-refractivity contribution in [3.63, 3.8) is 0 Å². The lowest BCUT2D eigenvalue weighted by Gasteiger charge is -1.96. The van der Waals surface area contributed by atoms with Crippen LogP contribution in [0.4, 0.5) is 8.78 Å². The Hall–Kier alpha value is -1.58. The van der Waals surface area contributed by atoms with E-state index >= 15 is 0 Å². The molecule has 0 unspecified atom stereocenters. The number of nitrogens with zero attached hydrogens (tertiary/aromatic N) is 2. The Bertz CT molecular complexity index is 428. The van der Waals surface area contributed by atoms with Gasteiger partial charge in [0.1, 0.15) is 5.52 Å². The molecule has 0 saturated carbocycles. The molecular weight excluding hydrogens is 162 g/mol. The van der Waals surface area contributed by atoms with E-state index in [9.17, 15) is 8.78 Å². The summed E-state index contributed by atoms with van der Waals surface area (Å²) in [4.78, 5) is 7.48. The summed E-state index contributed by atoms with van der Waals surface area (Å²) < 4.78 is 25.5. The molecule has 0 aliphatic carbocycles. The zero-order valence-corrected chi connectivity index (χ0v) is 5.96. The van der Waals surface area contributed by atoms with E-state index in [4.69, 9.17) is 0 Å². The Balaban J connectivity index is 2.91. The molecule has 0 aliphatic rings. The maximum atomic E-state index is 12.9. The monoisotopic (exact) mass is 166 g/mol. The van der Waals surface area contributed by atoms with Gasteiger partial charge in [0, 0.05) is 12.4 Å². The third-order valence-electron chi connectivity index (χ3n) is 1.53. The number of fused-ring (bicyclic) bond motifs is 1. The molecule has 0 amide bonds. The summed E-state index contributed by atoms with van der Waals surface area (Å²) in [5.41, 5.74) is 0.328. The topological polar surface area (TPSA) is 25.8 Å². The van der Waals surface area contributed by atoms with E-state index in [2.05, 4.69) is 9.97 Å². The van der Waals surface area contributed by atoms with Crippen molar-refractivity contribution >= 4 is 11.0 Å². The lowest BCUT2D eigenvalue weighted by atomic mass is 10.3. The smallest absolute Gasteiger partial charge is 0.186 e. The number of rotatable bonds is 0. The molecule has 2 nitrogen and oxygen atoms in total. The molecule has 0 atom stereocenters. The lowest BCUT2D eigenvalue weighted by Crippen LogP contribution is -1.90. The maximum Gasteiger partial charge on any atom is 0.186 e. The third kappa shape index (κ3) is 0.922. The van der Waals surface area contributed by atoms with E-state index < -0.39 is 11.6 Å². The van der Waals surface area contributed by atoms with E-state index in [1.54, 1.807) is 0 Å². The van der Waals surface area contributed by atoms with Crippen LogP contribution in [0.5, 0.6) is 0 Å². The van der Waals surface area contributed by atoms with E-state index in [0.717, 1.165) is 6.07 Å². The average molecular weight is 166 g/mol. The van der Waals surface area contributed by atoms with Gasteiger partial charge in [-0.3, -0.25) is 4.98 Å². The summed E-state index contributed by atoms with van der Waals surface area (Å²) in [5, 5.41) is 0. The summed E-state index contributed by atoms with van der Waals surface area (Å²) in [7, 11) is 0. The standard InChI is InChI=1S/C8H4F2N2/c9-5-1-2-6-8(7(5)10)12-4-3-11-6/h1-4H. The number of halogens is 2. The second-order valence-electron chi connectivity index (χ2n) is 2.29. The van der Waals surface area contributed by atoms with Gasteiger partial charge < -0.3 is 0 Å². The molecule has 2 rings (SSSR count). The Morgan fingerprint density at radius 2 is 1.75 bits per heavy atom. The van der Waals surface area contributed by atoms with Crippen molar-refractivity contribution in [3.8, 4) is 0 Å². The van der Waals surface area contributed by atoms with Gasteiger partial charge >= 0.3 is 0 Å². The highest BCUT2D eigenvalue weighted by Crippen LogP contribution is 2.14. The minimum absolute atomic E-state index is 0.0301. The van der Waals surface area contributed by atoms with Crippen LogP contribution >= 0.6 is 0 Å². The van der Waals surface area contributed by atoms with Gasteiger partial charge in [0.15, 0.2) is 11.6 Å². The van der Waals surface area contributed by atoms with Crippen molar-refractivity contribution in [2.45, 2.75) is 0 Å². The van der Waals surface area contributed by atoms with Gasteiger partial charge in [-0.2, -0.15) is 0 Å². The normalized spacial score (nSPS) is 10.5. The van der Waals surface area contributed by atoms with Gasteiger partial charge in [-0.25, -0.2) is 13.8 Å². The molecule has 4 heteroatoms. The molecule has 1 aromatic heterocycles. The van der Waals surface area contributed by atoms with Crippen molar-refractivity contribution in [2.75, 3.05) is 0 Å². The van der Waals surface area contributed by atoms with Gasteiger partial charge in [0.05, 0.1) is 5.52 Å². The minimum Gasteiger partial charge on any atom is -0.253 e. The van der Waals surface area contributed by atoms with Crippen molar-refractivity contribution in [1.82, 2.24) is 9.97 Å². The number of hydrogen-bond donors (Lipinski definition) is 0. The summed E-state index contributed by atoms with van der Waals surface area (Å²) in [5.74, 6) is -1.84. The molecular formula is C8H4F2N2. The lowest BCUT2D eigenvalue weighted by molar-refractivity contribution is 0.515. The molecule has 0 saturated heterocycles. The van der Waals surface area contributed by atoms with Crippen LogP contribution in [-0.4, -0.2) is 9.97 Å². The van der Waals surface area contributed by atoms with Crippen molar-refractivity contribution in [3.05, 3.63) is 36.2 Å². The Kier molecular flexibility index (Phi) is 1.46. The predicted octanol–water partition coefficient (Wildman–Crippen LogP) is 1.91. The molecule has 0 fully saturated rings. The summed E-state index contributed by atoms with van der Waals surface area (Å²) in [6.45, 7) is 0. The van der Waals surface area contributed by atoms with Gasteiger partial charge in [-0.05, 0) is 12.1 Å². The predicted molar refractivity (Wildman–Crippen MR) is 39.5 cm³/mol. The van der Waals surface area contributed by atoms with Crippen LogP contribution in [-0.2, 0) is 0 Å². The van der Waals surface area contributed by atoms with Crippen LogP contribution in [0.1, 0.15) is 0 Å². The number of hydrogen-bond acceptors (Lipinski definition) is 2. The molecule has 12 heavy (non-hydrogen) atoms. The van der Waals surface area contributed by atoms with Crippen LogP contribution in [0.3, 0.4) is 0 Å². The first-order chi connectivity index (χ1) is 5.79. The number of aromatic nitrogens is 2. The van der Waals surface area contributed by atoms with Crippen LogP contribution in [0.2, 0.25) is 0 Å². The highest BCUT2D eigenvalue weighted by molar-refractivity contribution is 5.74. The summed E-state index contributed by atoms with van der Waals surface area (Å²) >= 11 is 0. The number of benzene rings is 1. The fourth-order valence-electron chi connectivity index (χ4n) is 0.978. The molecule has 2 aromatic rings. The SMILES string of the molecule is Fc1ccc2nccnc2c1F. The Morgan fingerprint density at radius 3 is 2.58 bits per heavy atom. The first-order valence-electron chi connectivity index (χ1n) is 3.34. The first kappa shape index (κ1) is 7.09. The quantitative estimate of drug-likeness (QED) is 0.597. The Labute approximate surface area is 66.9 Å². The van der Waals surface area contributed by atoms with Gasteiger partial charge in [0.2, 0.25) is 0 Å². The fraction of sp³-hybridized carbons (Fsp3) is 0. The summed E-state index contributed by atoms with van der Waals surface area (Å²) in [6.07, 6.45) is 2.75. The molecule has 0 spiro atoms. The summed E-state index contributed by atoms with van der Waals surface area (Å²) in [6, 6.07) is 2.42. The Morgan fingerprint density at radius 1 is 1.00 bits per heavy atom. The van der Waals surface area contributed by atoms with Crippen molar-refractivity contribution < 1.29 is 8.78 Å². The van der Waals surface area contributed by atoms with E-state index in [-0.39, 0.29) is 5.52 Å². The largest absolute Gasteiger partial charge is 0.253 e. The van der Waals surface area contributed by atoms with E-state index in [1.165, 1.54) is 18.5 Å². The first-order valence-corrected chi connectivity index (χ1v) is 3.34. The molecule has 0 aliphatic heterocycles. The molecule has 0 N–H and O–H groups in total. The second kappa shape index (κ2) is 2.48. The van der Waals surface area contributed by atoms with Gasteiger partial charge in [0.25, 0.3) is 0 Å². The van der Waals surface area contributed by atoms with Gasteiger partial charge in [-0.15, -0.1) is 0 Å². The zero-order chi connectivity index (χ0) is 8.55. The third-order valence-corrected chi connectivity index (χ3v) is 1.53. The van der Waals surface area contributed by atoms with E-state index in [0.29, 0.717) is 5.52 Å². The van der Waals surface area contributed by atoms with Crippen LogP contribution in [0.25, 0.3) is 11.0 Å². The van der Waals surface area contributed by atoms with Crippen LogP contribution < -0.4 is 0 Å². The van der Waals surface area contributed by atoms with Crippen LogP contribution in [0, 0.1) is 11.6 Å². The molecule has 0 radical (unpaired) electrons. The molecule has 60 valence electrons.